The molecule has 0 spiro atoms. The van der Waals surface area contributed by atoms with E-state index in [9.17, 15) is 14.4 Å². The second-order valence-electron chi connectivity index (χ2n) is 5.63. The maximum Gasteiger partial charge on any atom is 0.337 e. The molecular weight excluding hydrogens is 298 g/mol. The number of hydrogen-bond acceptors (Lipinski definition) is 4. The molecule has 3 N–H and O–H groups in total. The third-order valence-electron chi connectivity index (χ3n) is 4.02. The molecule has 7 heteroatoms. The normalized spacial score (nSPS) is 17.5. The Morgan fingerprint density at radius 2 is 2.09 bits per heavy atom. The predicted octanol–water partition coefficient (Wildman–Crippen LogP) is 1.51. The molecule has 1 aliphatic heterocycles. The van der Waals surface area contributed by atoms with Crippen molar-refractivity contribution < 1.29 is 19.1 Å². The van der Waals surface area contributed by atoms with Gasteiger partial charge in [-0.15, -0.1) is 0 Å². The molecule has 2 rings (SSSR count). The smallest absolute Gasteiger partial charge is 0.337 e. The van der Waals surface area contributed by atoms with Crippen molar-refractivity contribution in [3.63, 3.8) is 0 Å². The highest BCUT2D eigenvalue weighted by atomic mass is 16.5. The lowest BCUT2D eigenvalue weighted by molar-refractivity contribution is -0.121. The van der Waals surface area contributed by atoms with E-state index in [1.54, 1.807) is 18.2 Å². The van der Waals surface area contributed by atoms with E-state index < -0.39 is 12.0 Å². The molecule has 1 atom stereocenters. The van der Waals surface area contributed by atoms with Crippen LogP contribution in [0.15, 0.2) is 18.2 Å². The molecule has 0 radical (unpaired) electrons. The fourth-order valence-corrected chi connectivity index (χ4v) is 2.63. The molecule has 0 bridgehead atoms. The molecule has 0 aromatic heterocycles. The van der Waals surface area contributed by atoms with Crippen molar-refractivity contribution in [3.05, 3.63) is 29.3 Å². The summed E-state index contributed by atoms with van der Waals surface area (Å²) in [6.07, 6.45) is 1.44. The van der Waals surface area contributed by atoms with E-state index in [1.165, 1.54) is 12.0 Å². The maximum absolute atomic E-state index is 12.4. The zero-order valence-corrected chi connectivity index (χ0v) is 13.3. The van der Waals surface area contributed by atoms with Crippen molar-refractivity contribution in [1.29, 1.82) is 0 Å². The van der Waals surface area contributed by atoms with Crippen molar-refractivity contribution in [2.45, 2.75) is 19.8 Å². The Kier molecular flexibility index (Phi) is 5.20. The van der Waals surface area contributed by atoms with Crippen LogP contribution in [0.3, 0.4) is 0 Å². The van der Waals surface area contributed by atoms with Crippen molar-refractivity contribution in [3.8, 4) is 0 Å². The summed E-state index contributed by atoms with van der Waals surface area (Å²) in [5.41, 5.74) is 7.05. The number of benzene rings is 1. The van der Waals surface area contributed by atoms with Crippen molar-refractivity contribution >= 4 is 23.6 Å². The number of carbonyl (C=O) groups excluding carboxylic acids is 3. The Balaban J connectivity index is 2.10. The van der Waals surface area contributed by atoms with Crippen LogP contribution in [0.2, 0.25) is 0 Å². The molecule has 23 heavy (non-hydrogen) atoms. The summed E-state index contributed by atoms with van der Waals surface area (Å²) in [6.45, 7) is 2.74. The van der Waals surface area contributed by atoms with Crippen LogP contribution in [0.25, 0.3) is 0 Å². The number of piperidine rings is 1. The van der Waals surface area contributed by atoms with E-state index in [1.807, 2.05) is 6.92 Å². The number of aryl methyl sites for hydroxylation is 1. The van der Waals surface area contributed by atoms with E-state index in [4.69, 9.17) is 5.73 Å². The van der Waals surface area contributed by atoms with Crippen LogP contribution in [0, 0.1) is 12.8 Å². The molecule has 1 aromatic carbocycles. The first-order valence-corrected chi connectivity index (χ1v) is 7.46. The second kappa shape index (κ2) is 7.13. The molecule has 7 nitrogen and oxygen atoms in total. The number of nitrogens with two attached hydrogens (primary N) is 1. The highest BCUT2D eigenvalue weighted by Gasteiger charge is 2.27. The summed E-state index contributed by atoms with van der Waals surface area (Å²) in [7, 11) is 1.31. The number of urea groups is 1. The van der Waals surface area contributed by atoms with Crippen LogP contribution in [0.4, 0.5) is 10.5 Å². The standard InChI is InChI=1S/C16H21N3O4/c1-10-5-6-11(15(21)23-2)8-13(10)18-14(20)12-4-3-7-19(9-12)16(17)22/h5-6,8,12H,3-4,7,9H2,1-2H3,(H2,17,22)(H,18,20). The molecule has 1 unspecified atom stereocenters. The minimum Gasteiger partial charge on any atom is -0.465 e. The van der Waals surface area contributed by atoms with Gasteiger partial charge in [-0.2, -0.15) is 0 Å². The average Bonchev–Trinajstić information content (AvgIpc) is 2.56. The molecule has 1 fully saturated rings. The van der Waals surface area contributed by atoms with Crippen molar-refractivity contribution in [1.82, 2.24) is 4.90 Å². The van der Waals surface area contributed by atoms with Gasteiger partial charge in [-0.05, 0) is 37.5 Å². The van der Waals surface area contributed by atoms with Gasteiger partial charge in [-0.1, -0.05) is 6.07 Å². The van der Waals surface area contributed by atoms with Crippen LogP contribution in [-0.4, -0.2) is 43.0 Å². The van der Waals surface area contributed by atoms with E-state index >= 15 is 0 Å². The molecule has 0 aliphatic carbocycles. The van der Waals surface area contributed by atoms with E-state index in [-0.39, 0.29) is 11.8 Å². The van der Waals surface area contributed by atoms with Gasteiger partial charge in [0.1, 0.15) is 0 Å². The Labute approximate surface area is 134 Å². The number of hydrogen-bond donors (Lipinski definition) is 2. The number of esters is 1. The number of likely N-dealkylation sites (tertiary alicyclic amines) is 1. The van der Waals surface area contributed by atoms with Gasteiger partial charge >= 0.3 is 12.0 Å². The summed E-state index contributed by atoms with van der Waals surface area (Å²) in [5.74, 6) is -0.948. The summed E-state index contributed by atoms with van der Waals surface area (Å²) in [5, 5.41) is 2.83. The van der Waals surface area contributed by atoms with E-state index in [0.717, 1.165) is 12.0 Å². The first-order valence-electron chi connectivity index (χ1n) is 7.46. The van der Waals surface area contributed by atoms with Gasteiger partial charge in [-0.3, -0.25) is 4.79 Å². The van der Waals surface area contributed by atoms with Gasteiger partial charge in [0.25, 0.3) is 0 Å². The molecule has 1 aliphatic rings. The van der Waals surface area contributed by atoms with Crippen LogP contribution in [0.1, 0.15) is 28.8 Å². The highest BCUT2D eigenvalue weighted by molar-refractivity contribution is 5.96. The van der Waals surface area contributed by atoms with Gasteiger partial charge in [-0.25, -0.2) is 9.59 Å². The number of methoxy groups -OCH3 is 1. The molecule has 1 heterocycles. The zero-order valence-electron chi connectivity index (χ0n) is 13.3. The number of carbonyl (C=O) groups is 3. The number of anilines is 1. The molecule has 1 aromatic rings. The maximum atomic E-state index is 12.4. The summed E-state index contributed by atoms with van der Waals surface area (Å²) < 4.78 is 4.68. The SMILES string of the molecule is COC(=O)c1ccc(C)c(NC(=O)C2CCCN(C(N)=O)C2)c1. The molecule has 0 saturated carbocycles. The van der Waals surface area contributed by atoms with Crippen LogP contribution >= 0.6 is 0 Å². The summed E-state index contributed by atoms with van der Waals surface area (Å²) >= 11 is 0. The average molecular weight is 319 g/mol. The Bertz CT molecular complexity index is 630. The molecule has 124 valence electrons. The molecule has 1 saturated heterocycles. The first-order chi connectivity index (χ1) is 10.9. The Hall–Kier alpha value is -2.57. The minimum atomic E-state index is -0.508. The monoisotopic (exact) mass is 319 g/mol. The number of nitrogens with one attached hydrogen (secondary N) is 1. The Morgan fingerprint density at radius 3 is 2.74 bits per heavy atom. The quantitative estimate of drug-likeness (QED) is 0.824. The summed E-state index contributed by atoms with van der Waals surface area (Å²) in [6, 6.07) is 4.48. The van der Waals surface area contributed by atoms with E-state index in [2.05, 4.69) is 10.1 Å². The van der Waals surface area contributed by atoms with Crippen LogP contribution in [-0.2, 0) is 9.53 Å². The molecule has 3 amide bonds. The van der Waals surface area contributed by atoms with Crippen LogP contribution in [0.5, 0.6) is 0 Å². The minimum absolute atomic E-state index is 0.180. The van der Waals surface area contributed by atoms with Gasteiger partial charge in [0, 0.05) is 18.8 Å². The fourth-order valence-electron chi connectivity index (χ4n) is 2.63. The van der Waals surface area contributed by atoms with Gasteiger partial charge in [0.15, 0.2) is 0 Å². The van der Waals surface area contributed by atoms with Crippen molar-refractivity contribution in [2.75, 3.05) is 25.5 Å². The zero-order chi connectivity index (χ0) is 17.0. The topological polar surface area (TPSA) is 102 Å². The molecular formula is C16H21N3O4. The number of primary amides is 1. The van der Waals surface area contributed by atoms with Gasteiger partial charge < -0.3 is 20.7 Å². The third-order valence-corrected chi connectivity index (χ3v) is 4.02. The fraction of sp³-hybridized carbons (Fsp3) is 0.438. The number of ether oxygens (including phenoxy) is 1. The number of rotatable bonds is 3. The summed E-state index contributed by atoms with van der Waals surface area (Å²) in [4.78, 5) is 36.8. The second-order valence-corrected chi connectivity index (χ2v) is 5.63. The predicted molar refractivity (Wildman–Crippen MR) is 85.0 cm³/mol. The van der Waals surface area contributed by atoms with Crippen molar-refractivity contribution in [2.24, 2.45) is 11.7 Å². The van der Waals surface area contributed by atoms with E-state index in [0.29, 0.717) is 30.8 Å². The van der Waals surface area contributed by atoms with Crippen LogP contribution < -0.4 is 11.1 Å². The van der Waals surface area contributed by atoms with Gasteiger partial charge in [0.2, 0.25) is 5.91 Å². The van der Waals surface area contributed by atoms with Gasteiger partial charge in [0.05, 0.1) is 18.6 Å². The highest BCUT2D eigenvalue weighted by Crippen LogP contribution is 2.22. The third kappa shape index (κ3) is 4.00. The number of nitrogens with zero attached hydrogens (tertiary/aromatic N) is 1. The number of amides is 3. The lowest BCUT2D eigenvalue weighted by atomic mass is 9.97. The lowest BCUT2D eigenvalue weighted by Gasteiger charge is -2.30. The first kappa shape index (κ1) is 16.8. The largest absolute Gasteiger partial charge is 0.465 e. The lowest BCUT2D eigenvalue weighted by Crippen LogP contribution is -2.46. The Morgan fingerprint density at radius 1 is 1.35 bits per heavy atom.